The molecule has 3 aromatic heterocycles. The fourth-order valence-corrected chi connectivity index (χ4v) is 6.53. The molecule has 1 N–H and O–H groups in total. The van der Waals surface area contributed by atoms with Crippen LogP contribution in [0.1, 0.15) is 36.9 Å². The molecule has 1 saturated carbocycles. The Bertz CT molecular complexity index is 1640. The number of anilines is 1. The maximum absolute atomic E-state index is 5.57. The topological polar surface area (TPSA) is 82.3 Å². The molecule has 9 heteroatoms. The first-order valence-corrected chi connectivity index (χ1v) is 14.7. The predicted octanol–water partition coefficient (Wildman–Crippen LogP) is 5.19. The molecule has 0 spiro atoms. The van der Waals surface area contributed by atoms with E-state index in [0.717, 1.165) is 84.0 Å². The van der Waals surface area contributed by atoms with Crippen LogP contribution >= 0.6 is 0 Å². The highest BCUT2D eigenvalue weighted by Gasteiger charge is 2.28. The van der Waals surface area contributed by atoms with Crippen molar-refractivity contribution < 1.29 is 9.47 Å². The van der Waals surface area contributed by atoms with E-state index in [-0.39, 0.29) is 0 Å². The van der Waals surface area contributed by atoms with Crippen LogP contribution < -0.4 is 10.1 Å². The third kappa shape index (κ3) is 5.15. The highest BCUT2D eigenvalue weighted by molar-refractivity contribution is 6.12. The second kappa shape index (κ2) is 11.1. The summed E-state index contributed by atoms with van der Waals surface area (Å²) in [5, 5.41) is 6.07. The van der Waals surface area contributed by atoms with E-state index in [1.165, 1.54) is 18.4 Å². The van der Waals surface area contributed by atoms with Gasteiger partial charge in [0.05, 0.1) is 43.2 Å². The highest BCUT2D eigenvalue weighted by Crippen LogP contribution is 2.36. The third-order valence-corrected chi connectivity index (χ3v) is 8.73. The first kappa shape index (κ1) is 26.0. The van der Waals surface area contributed by atoms with Crippen LogP contribution in [0.3, 0.4) is 0 Å². The molecule has 4 heterocycles. The number of hydrogen-bond donors (Lipinski definition) is 1. The minimum Gasteiger partial charge on any atom is -0.497 e. The fraction of sp³-hybridized carbons (Fsp3) is 0.406. The van der Waals surface area contributed by atoms with Crippen LogP contribution in [0.25, 0.3) is 27.6 Å². The molecular weight excluding hydrogens is 514 g/mol. The van der Waals surface area contributed by atoms with E-state index in [1.807, 2.05) is 25.4 Å². The molecule has 1 aliphatic carbocycles. The number of methoxy groups -OCH3 is 1. The molecule has 1 aliphatic heterocycles. The molecule has 212 valence electrons. The third-order valence-electron chi connectivity index (χ3n) is 8.73. The van der Waals surface area contributed by atoms with Crippen molar-refractivity contribution in [2.45, 2.75) is 51.2 Å². The van der Waals surface area contributed by atoms with Gasteiger partial charge in [-0.15, -0.1) is 0 Å². The van der Waals surface area contributed by atoms with Crippen molar-refractivity contribution in [1.82, 2.24) is 29.0 Å². The zero-order valence-corrected chi connectivity index (χ0v) is 23.8. The average Bonchev–Trinajstić information content (AvgIpc) is 3.60. The van der Waals surface area contributed by atoms with Crippen LogP contribution in [-0.2, 0) is 11.3 Å². The summed E-state index contributed by atoms with van der Waals surface area (Å²) < 4.78 is 15.3. The molecule has 0 bridgehead atoms. The Morgan fingerprint density at radius 2 is 1.78 bits per heavy atom. The molecule has 5 aromatic rings. The fourth-order valence-electron chi connectivity index (χ4n) is 6.53. The molecule has 7 rings (SSSR count). The maximum Gasteiger partial charge on any atom is 0.146 e. The summed E-state index contributed by atoms with van der Waals surface area (Å²) in [6.45, 7) is 6.55. The molecule has 2 fully saturated rings. The van der Waals surface area contributed by atoms with Crippen molar-refractivity contribution >= 4 is 27.8 Å². The first-order chi connectivity index (χ1) is 20.2. The molecule has 0 amide bonds. The van der Waals surface area contributed by atoms with Gasteiger partial charge in [-0.05, 0) is 68.5 Å². The SMILES string of the molecule is COc1ccc(Cn2c3ccc(-n4cnc(C)c4)cc3c3c(N[C@H]4CC[C@H](N5CCOCC5)CC4)ncnc32)cc1. The zero-order valence-electron chi connectivity index (χ0n) is 23.8. The van der Waals surface area contributed by atoms with E-state index in [9.17, 15) is 0 Å². The van der Waals surface area contributed by atoms with Gasteiger partial charge in [0.2, 0.25) is 0 Å². The van der Waals surface area contributed by atoms with Gasteiger partial charge in [-0.2, -0.15) is 0 Å². The van der Waals surface area contributed by atoms with Crippen molar-refractivity contribution in [3.63, 3.8) is 0 Å². The monoisotopic (exact) mass is 551 g/mol. The number of fused-ring (bicyclic) bond motifs is 3. The van der Waals surface area contributed by atoms with Gasteiger partial charge >= 0.3 is 0 Å². The van der Waals surface area contributed by atoms with Crippen LogP contribution in [0.15, 0.2) is 61.3 Å². The molecule has 0 unspecified atom stereocenters. The summed E-state index contributed by atoms with van der Waals surface area (Å²) in [5.41, 5.74) is 5.33. The summed E-state index contributed by atoms with van der Waals surface area (Å²) in [6, 6.07) is 15.9. The van der Waals surface area contributed by atoms with Crippen molar-refractivity contribution in [2.75, 3.05) is 38.7 Å². The van der Waals surface area contributed by atoms with Crippen LogP contribution in [0.5, 0.6) is 5.75 Å². The average molecular weight is 552 g/mol. The number of rotatable bonds is 7. The molecule has 1 saturated heterocycles. The molecule has 9 nitrogen and oxygen atoms in total. The number of hydrogen-bond acceptors (Lipinski definition) is 7. The van der Waals surface area contributed by atoms with Crippen molar-refractivity contribution in [3.8, 4) is 11.4 Å². The quantitative estimate of drug-likeness (QED) is 0.298. The predicted molar refractivity (Wildman–Crippen MR) is 161 cm³/mol. The summed E-state index contributed by atoms with van der Waals surface area (Å²) in [5.74, 6) is 1.77. The smallest absolute Gasteiger partial charge is 0.146 e. The lowest BCUT2D eigenvalue weighted by Gasteiger charge is -2.39. The van der Waals surface area contributed by atoms with Crippen LogP contribution in [0.4, 0.5) is 5.82 Å². The molecule has 0 atom stereocenters. The number of nitrogens with one attached hydrogen (secondary N) is 1. The Balaban J connectivity index is 1.24. The van der Waals surface area contributed by atoms with Gasteiger partial charge < -0.3 is 23.9 Å². The van der Waals surface area contributed by atoms with E-state index < -0.39 is 0 Å². The number of nitrogens with zero attached hydrogens (tertiary/aromatic N) is 6. The minimum atomic E-state index is 0.393. The Kier molecular flexibility index (Phi) is 7.06. The number of morpholine rings is 1. The van der Waals surface area contributed by atoms with Gasteiger partial charge in [-0.25, -0.2) is 15.0 Å². The Labute approximate surface area is 240 Å². The maximum atomic E-state index is 5.57. The second-order valence-electron chi connectivity index (χ2n) is 11.3. The molecular formula is C32H37N7O2. The van der Waals surface area contributed by atoms with Gasteiger partial charge in [0.25, 0.3) is 0 Å². The van der Waals surface area contributed by atoms with Crippen molar-refractivity contribution in [1.29, 1.82) is 0 Å². The zero-order chi connectivity index (χ0) is 27.8. The van der Waals surface area contributed by atoms with E-state index in [1.54, 1.807) is 13.4 Å². The lowest BCUT2D eigenvalue weighted by atomic mass is 9.90. The number of benzene rings is 2. The summed E-state index contributed by atoms with van der Waals surface area (Å²) in [6.07, 6.45) is 10.3. The van der Waals surface area contributed by atoms with Crippen LogP contribution in [0, 0.1) is 6.92 Å². The Morgan fingerprint density at radius 3 is 2.51 bits per heavy atom. The highest BCUT2D eigenvalue weighted by atomic mass is 16.5. The van der Waals surface area contributed by atoms with E-state index >= 15 is 0 Å². The number of aryl methyl sites for hydroxylation is 1. The Hall–Kier alpha value is -3.95. The normalized spacial score (nSPS) is 20.0. The van der Waals surface area contributed by atoms with Crippen LogP contribution in [0.2, 0.25) is 0 Å². The van der Waals surface area contributed by atoms with Crippen molar-refractivity contribution in [3.05, 3.63) is 72.6 Å². The van der Waals surface area contributed by atoms with Crippen molar-refractivity contribution in [2.24, 2.45) is 0 Å². The van der Waals surface area contributed by atoms with Gasteiger partial charge in [0.15, 0.2) is 0 Å². The molecule has 0 radical (unpaired) electrons. The largest absolute Gasteiger partial charge is 0.497 e. The van der Waals surface area contributed by atoms with Gasteiger partial charge in [-0.1, -0.05) is 12.1 Å². The molecule has 41 heavy (non-hydrogen) atoms. The van der Waals surface area contributed by atoms with E-state index in [0.29, 0.717) is 18.6 Å². The second-order valence-corrected chi connectivity index (χ2v) is 11.3. The number of imidazole rings is 1. The summed E-state index contributed by atoms with van der Waals surface area (Å²) in [4.78, 5) is 16.7. The van der Waals surface area contributed by atoms with Gasteiger partial charge in [0.1, 0.15) is 23.5 Å². The summed E-state index contributed by atoms with van der Waals surface area (Å²) in [7, 11) is 1.70. The van der Waals surface area contributed by atoms with E-state index in [2.05, 4.69) is 60.9 Å². The number of ether oxygens (including phenoxy) is 2. The van der Waals surface area contributed by atoms with Crippen LogP contribution in [-0.4, -0.2) is 74.5 Å². The summed E-state index contributed by atoms with van der Waals surface area (Å²) >= 11 is 0. The lowest BCUT2D eigenvalue weighted by molar-refractivity contribution is 0.00791. The minimum absolute atomic E-state index is 0.393. The van der Waals surface area contributed by atoms with Gasteiger partial charge in [-0.3, -0.25) is 4.90 Å². The Morgan fingerprint density at radius 1 is 0.976 bits per heavy atom. The molecule has 2 aliphatic rings. The first-order valence-electron chi connectivity index (χ1n) is 14.7. The lowest BCUT2D eigenvalue weighted by Crippen LogP contribution is -2.46. The van der Waals surface area contributed by atoms with E-state index in [4.69, 9.17) is 19.4 Å². The molecule has 2 aromatic carbocycles. The number of aromatic nitrogens is 5. The standard InChI is InChI=1S/C32H37N7O2/c1-22-18-38(21-35-22)26-9-12-29-28(17-26)30-31(36-24-5-7-25(8-6-24)37-13-15-41-16-14-37)33-20-34-32(30)39(29)19-23-3-10-27(40-2)11-4-23/h3-4,9-12,17-18,20-21,24-25H,5-8,13-16,19H2,1-2H3,(H,33,34,36)/t24-,25-. The van der Waals surface area contributed by atoms with Gasteiger partial charge in [0, 0.05) is 49.0 Å².